The molecule has 0 aliphatic carbocycles. The molecule has 1 fully saturated rings. The van der Waals surface area contributed by atoms with E-state index < -0.39 is 0 Å². The van der Waals surface area contributed by atoms with Crippen molar-refractivity contribution in [2.24, 2.45) is 5.92 Å². The van der Waals surface area contributed by atoms with Crippen LogP contribution in [0.2, 0.25) is 0 Å². The Kier molecular flexibility index (Phi) is 4.48. The third-order valence-electron chi connectivity index (χ3n) is 4.76. The van der Waals surface area contributed by atoms with Crippen LogP contribution in [0.4, 0.5) is 0 Å². The molecule has 1 saturated heterocycles. The average Bonchev–Trinajstić information content (AvgIpc) is 2.45. The highest BCUT2D eigenvalue weighted by Crippen LogP contribution is 2.37. The molecule has 0 aromatic heterocycles. The Morgan fingerprint density at radius 3 is 2.60 bits per heavy atom. The molecular formula is C17H25NO2. The van der Waals surface area contributed by atoms with Crippen molar-refractivity contribution in [2.45, 2.75) is 45.3 Å². The first-order valence-electron chi connectivity index (χ1n) is 7.47. The van der Waals surface area contributed by atoms with Crippen LogP contribution in [-0.4, -0.2) is 36.1 Å². The Bertz CT molecular complexity index is 459. The van der Waals surface area contributed by atoms with E-state index in [9.17, 15) is 4.79 Å². The first-order chi connectivity index (χ1) is 9.48. The number of esters is 1. The number of likely N-dealkylation sites (tertiary alicyclic amines) is 1. The van der Waals surface area contributed by atoms with Gasteiger partial charge in [0.2, 0.25) is 0 Å². The van der Waals surface area contributed by atoms with E-state index in [0.29, 0.717) is 17.5 Å². The summed E-state index contributed by atoms with van der Waals surface area (Å²) in [5.41, 5.74) is 0.304. The maximum atomic E-state index is 12.4. The first kappa shape index (κ1) is 15.0. The third-order valence-corrected chi connectivity index (χ3v) is 4.76. The Balaban J connectivity index is 2.17. The summed E-state index contributed by atoms with van der Waals surface area (Å²) < 4.78 is 5.98. The van der Waals surface area contributed by atoms with Gasteiger partial charge in [0.1, 0.15) is 5.60 Å². The molecule has 1 aromatic carbocycles. The Labute approximate surface area is 121 Å². The maximum Gasteiger partial charge on any atom is 0.338 e. The second-order valence-electron chi connectivity index (χ2n) is 6.07. The zero-order valence-electron chi connectivity index (χ0n) is 12.9. The normalized spacial score (nSPS) is 31.0. The lowest BCUT2D eigenvalue weighted by Gasteiger charge is -2.47. The molecule has 110 valence electrons. The molecule has 0 N–H and O–H groups in total. The highest BCUT2D eigenvalue weighted by atomic mass is 16.6. The van der Waals surface area contributed by atoms with Crippen molar-refractivity contribution in [2.75, 3.05) is 13.6 Å². The van der Waals surface area contributed by atoms with Crippen LogP contribution in [0.3, 0.4) is 0 Å². The van der Waals surface area contributed by atoms with Crippen molar-refractivity contribution in [3.8, 4) is 0 Å². The first-order valence-corrected chi connectivity index (χ1v) is 7.47. The fourth-order valence-electron chi connectivity index (χ4n) is 3.16. The second-order valence-corrected chi connectivity index (χ2v) is 6.07. The molecule has 0 unspecified atom stereocenters. The van der Waals surface area contributed by atoms with Crippen LogP contribution < -0.4 is 0 Å². The summed E-state index contributed by atoms with van der Waals surface area (Å²) in [6, 6.07) is 9.72. The van der Waals surface area contributed by atoms with Crippen LogP contribution in [0.25, 0.3) is 0 Å². The van der Waals surface area contributed by atoms with Gasteiger partial charge in [0.15, 0.2) is 0 Å². The van der Waals surface area contributed by atoms with E-state index in [1.807, 2.05) is 30.3 Å². The van der Waals surface area contributed by atoms with E-state index in [0.717, 1.165) is 19.4 Å². The number of ether oxygens (including phenoxy) is 1. The number of hydrogen-bond acceptors (Lipinski definition) is 3. The Morgan fingerprint density at radius 1 is 1.35 bits per heavy atom. The minimum Gasteiger partial charge on any atom is -0.455 e. The highest BCUT2D eigenvalue weighted by molar-refractivity contribution is 5.89. The molecule has 0 spiro atoms. The zero-order chi connectivity index (χ0) is 14.8. The van der Waals surface area contributed by atoms with Gasteiger partial charge < -0.3 is 9.64 Å². The molecule has 1 aliphatic rings. The molecule has 0 bridgehead atoms. The number of carbonyl (C=O) groups is 1. The summed E-state index contributed by atoms with van der Waals surface area (Å²) in [7, 11) is 2.14. The van der Waals surface area contributed by atoms with E-state index in [-0.39, 0.29) is 11.6 Å². The zero-order valence-corrected chi connectivity index (χ0v) is 12.9. The molecule has 1 aromatic rings. The summed E-state index contributed by atoms with van der Waals surface area (Å²) in [6.45, 7) is 7.47. The van der Waals surface area contributed by atoms with Crippen LogP contribution in [0.15, 0.2) is 30.3 Å². The molecule has 1 heterocycles. The van der Waals surface area contributed by atoms with Gasteiger partial charge in [-0.2, -0.15) is 0 Å². The molecule has 3 heteroatoms. The molecule has 20 heavy (non-hydrogen) atoms. The molecule has 0 saturated carbocycles. The Morgan fingerprint density at radius 2 is 2.00 bits per heavy atom. The van der Waals surface area contributed by atoms with Crippen LogP contribution in [0.5, 0.6) is 0 Å². The van der Waals surface area contributed by atoms with Crippen molar-refractivity contribution in [3.63, 3.8) is 0 Å². The van der Waals surface area contributed by atoms with Crippen molar-refractivity contribution in [3.05, 3.63) is 35.9 Å². The van der Waals surface area contributed by atoms with Crippen LogP contribution >= 0.6 is 0 Å². The van der Waals surface area contributed by atoms with E-state index in [1.165, 1.54) is 0 Å². The quantitative estimate of drug-likeness (QED) is 0.792. The van der Waals surface area contributed by atoms with Gasteiger partial charge in [0, 0.05) is 24.9 Å². The van der Waals surface area contributed by atoms with Gasteiger partial charge in [-0.15, -0.1) is 0 Å². The molecular weight excluding hydrogens is 250 g/mol. The number of hydrogen-bond donors (Lipinski definition) is 0. The lowest BCUT2D eigenvalue weighted by Crippen LogP contribution is -2.55. The molecule has 2 rings (SSSR count). The smallest absolute Gasteiger partial charge is 0.338 e. The van der Waals surface area contributed by atoms with E-state index in [2.05, 4.69) is 32.7 Å². The minimum absolute atomic E-state index is 0.198. The van der Waals surface area contributed by atoms with Crippen molar-refractivity contribution in [1.82, 2.24) is 4.90 Å². The average molecular weight is 275 g/mol. The molecule has 1 aliphatic heterocycles. The highest BCUT2D eigenvalue weighted by Gasteiger charge is 2.44. The second kappa shape index (κ2) is 5.96. The fourth-order valence-corrected chi connectivity index (χ4v) is 3.16. The monoisotopic (exact) mass is 275 g/mol. The van der Waals surface area contributed by atoms with Gasteiger partial charge in [-0.25, -0.2) is 4.79 Å². The van der Waals surface area contributed by atoms with Crippen LogP contribution in [0.1, 0.15) is 44.0 Å². The molecule has 3 nitrogen and oxygen atoms in total. The van der Waals surface area contributed by atoms with Gasteiger partial charge in [-0.05, 0) is 32.5 Å². The topological polar surface area (TPSA) is 29.5 Å². The lowest BCUT2D eigenvalue weighted by atomic mass is 9.77. The van der Waals surface area contributed by atoms with E-state index in [4.69, 9.17) is 4.74 Å². The third kappa shape index (κ3) is 2.88. The van der Waals surface area contributed by atoms with Crippen molar-refractivity contribution >= 4 is 5.97 Å². The number of carbonyl (C=O) groups excluding carboxylic acids is 1. The Hall–Kier alpha value is -1.35. The molecule has 0 radical (unpaired) electrons. The predicted octanol–water partition coefficient (Wildman–Crippen LogP) is 3.35. The summed E-state index contributed by atoms with van der Waals surface area (Å²) >= 11 is 0. The van der Waals surface area contributed by atoms with Gasteiger partial charge in [0.25, 0.3) is 0 Å². The van der Waals surface area contributed by atoms with Gasteiger partial charge in [-0.1, -0.05) is 32.0 Å². The largest absolute Gasteiger partial charge is 0.455 e. The van der Waals surface area contributed by atoms with Crippen molar-refractivity contribution in [1.29, 1.82) is 0 Å². The number of benzene rings is 1. The number of piperidine rings is 1. The summed E-state index contributed by atoms with van der Waals surface area (Å²) in [5, 5.41) is 0. The predicted molar refractivity (Wildman–Crippen MR) is 80.8 cm³/mol. The lowest BCUT2D eigenvalue weighted by molar-refractivity contribution is -0.0954. The summed E-state index contributed by atoms with van der Waals surface area (Å²) in [4.78, 5) is 14.7. The van der Waals surface area contributed by atoms with Gasteiger partial charge >= 0.3 is 5.97 Å². The van der Waals surface area contributed by atoms with Crippen molar-refractivity contribution < 1.29 is 9.53 Å². The number of rotatable bonds is 3. The van der Waals surface area contributed by atoms with Crippen LogP contribution in [-0.2, 0) is 4.74 Å². The molecule has 0 amide bonds. The standard InChI is InChI=1S/C17H25NO2/c1-5-17(11-14(3)18(4)12-13(17)2)20-16(19)15-9-7-6-8-10-15/h6-10,13-14H,5,11-12H2,1-4H3/t13-,14+,17-/m1/s1. The SMILES string of the molecule is CC[C@@]1(OC(=O)c2ccccc2)C[C@H](C)N(C)C[C@H]1C. The van der Waals surface area contributed by atoms with Crippen LogP contribution in [0, 0.1) is 5.92 Å². The fraction of sp³-hybridized carbons (Fsp3) is 0.588. The van der Waals surface area contributed by atoms with E-state index in [1.54, 1.807) is 0 Å². The number of nitrogens with zero attached hydrogens (tertiary/aromatic N) is 1. The summed E-state index contributed by atoms with van der Waals surface area (Å²) in [5.74, 6) is 0.150. The van der Waals surface area contributed by atoms with Gasteiger partial charge in [0.05, 0.1) is 5.56 Å². The minimum atomic E-state index is -0.334. The van der Waals surface area contributed by atoms with E-state index >= 15 is 0 Å². The van der Waals surface area contributed by atoms with Gasteiger partial charge in [-0.3, -0.25) is 0 Å². The molecule has 3 atom stereocenters. The maximum absolute atomic E-state index is 12.4. The summed E-state index contributed by atoms with van der Waals surface area (Å²) in [6.07, 6.45) is 1.77.